The molecule has 5 nitrogen and oxygen atoms in total. The molecule has 1 saturated carbocycles. The Bertz CT molecular complexity index is 1250. The first-order valence-electron chi connectivity index (χ1n) is 17.5. The number of piperazine rings is 1. The lowest BCUT2D eigenvalue weighted by Gasteiger charge is -2.43. The van der Waals surface area contributed by atoms with Crippen LogP contribution in [0.4, 0.5) is 0 Å². The van der Waals surface area contributed by atoms with Crippen LogP contribution in [0, 0.1) is 5.92 Å². The number of fused-ring (bicyclic) bond motifs is 1. The van der Waals surface area contributed by atoms with E-state index in [0.29, 0.717) is 17.5 Å². The van der Waals surface area contributed by atoms with Crippen molar-refractivity contribution in [1.82, 2.24) is 24.9 Å². The molecule has 0 aromatic heterocycles. The number of rotatable bonds is 5. The lowest BCUT2D eigenvalue weighted by molar-refractivity contribution is 0.116. The van der Waals surface area contributed by atoms with E-state index in [9.17, 15) is 0 Å². The molecule has 2 aliphatic carbocycles. The van der Waals surface area contributed by atoms with Crippen molar-refractivity contribution >= 4 is 5.57 Å². The van der Waals surface area contributed by atoms with Gasteiger partial charge in [-0.2, -0.15) is 0 Å². The molecule has 0 radical (unpaired) electrons. The molecule has 0 bridgehead atoms. The highest BCUT2D eigenvalue weighted by Gasteiger charge is 2.53. The highest BCUT2D eigenvalue weighted by Crippen LogP contribution is 2.54. The number of hydrogen-bond acceptors (Lipinski definition) is 5. The van der Waals surface area contributed by atoms with Crippen LogP contribution in [0.2, 0.25) is 0 Å². The molecule has 43 heavy (non-hydrogen) atoms. The van der Waals surface area contributed by atoms with Crippen LogP contribution in [0.15, 0.2) is 59.5 Å². The normalized spacial score (nSPS) is 28.7. The predicted octanol–water partition coefficient (Wildman–Crippen LogP) is 7.28. The summed E-state index contributed by atoms with van der Waals surface area (Å²) in [6.45, 7) is 23.2. The molecule has 238 valence electrons. The average Bonchev–Trinajstić information content (AvgIpc) is 3.78. The van der Waals surface area contributed by atoms with E-state index in [1.807, 2.05) is 27.7 Å². The van der Waals surface area contributed by atoms with Gasteiger partial charge in [0, 0.05) is 70.2 Å². The fourth-order valence-corrected chi connectivity index (χ4v) is 7.86. The molecule has 0 amide bonds. The number of likely N-dealkylation sites (N-methyl/N-ethyl adjacent to an activating group) is 1. The molecule has 3 fully saturated rings. The summed E-state index contributed by atoms with van der Waals surface area (Å²) in [7, 11) is 2.23. The van der Waals surface area contributed by atoms with Gasteiger partial charge in [-0.25, -0.2) is 0 Å². The lowest BCUT2D eigenvalue weighted by atomic mass is 9.79. The van der Waals surface area contributed by atoms with Crippen LogP contribution in [0.1, 0.15) is 92.3 Å². The number of benzene rings is 1. The van der Waals surface area contributed by atoms with Crippen molar-refractivity contribution in [2.24, 2.45) is 5.92 Å². The quantitative estimate of drug-likeness (QED) is 0.390. The van der Waals surface area contributed by atoms with Crippen molar-refractivity contribution in [2.75, 3.05) is 46.3 Å². The molecule has 0 spiro atoms. The summed E-state index contributed by atoms with van der Waals surface area (Å²) in [6.07, 6.45) is 16.4. The molecule has 7 rings (SSSR count). The molecule has 5 heteroatoms. The SMILES string of the molecule is CC.CC.CC1=CC(N2CCN(C)CC2)=CC(N2Cc3cc(C4=CC=C(C5(N6CCC6)CC5)C(C)C4)ccc3CC2C)N1.[HH]. The molecule has 3 unspecified atom stereocenters. The Balaban J connectivity index is 0.000000850. The summed E-state index contributed by atoms with van der Waals surface area (Å²) in [4.78, 5) is 10.4. The largest absolute Gasteiger partial charge is 0.370 e. The van der Waals surface area contributed by atoms with Crippen molar-refractivity contribution in [1.29, 1.82) is 0 Å². The highest BCUT2D eigenvalue weighted by atomic mass is 15.3. The Morgan fingerprint density at radius 2 is 1.60 bits per heavy atom. The van der Waals surface area contributed by atoms with Crippen molar-refractivity contribution in [3.8, 4) is 0 Å². The van der Waals surface area contributed by atoms with Crippen molar-refractivity contribution in [3.63, 3.8) is 0 Å². The second-order valence-electron chi connectivity index (χ2n) is 13.3. The van der Waals surface area contributed by atoms with E-state index in [4.69, 9.17) is 0 Å². The zero-order chi connectivity index (χ0) is 30.7. The summed E-state index contributed by atoms with van der Waals surface area (Å²) in [6, 6.07) is 7.85. The van der Waals surface area contributed by atoms with Crippen molar-refractivity contribution in [3.05, 3.63) is 76.2 Å². The summed E-state index contributed by atoms with van der Waals surface area (Å²) in [5.41, 5.74) is 10.8. The first-order chi connectivity index (χ1) is 20.9. The van der Waals surface area contributed by atoms with Gasteiger partial charge in [0.2, 0.25) is 0 Å². The van der Waals surface area contributed by atoms with Crippen LogP contribution in [0.5, 0.6) is 0 Å². The minimum atomic E-state index is 0. The molecule has 6 aliphatic rings. The standard InChI is InChI=1S/C34H47N5.2C2H6.H2/c1-24-18-27(8-9-32(24)34(10-11-34)38-12-5-13-38)29-7-6-28-20-26(3)39(23-30(28)21-29)33-22-31(19-25(2)35-33)37-16-14-36(4)15-17-37;2*1-2;/h6-9,19,21-22,24,26,33,35H,5,10-18,20,23H2,1-4H3;2*1-2H3;1H. The van der Waals surface area contributed by atoms with E-state index >= 15 is 0 Å². The second-order valence-corrected chi connectivity index (χ2v) is 13.3. The van der Waals surface area contributed by atoms with Gasteiger partial charge in [0.25, 0.3) is 0 Å². The number of nitrogens with zero attached hydrogens (tertiary/aromatic N) is 4. The average molecular weight is 588 g/mol. The smallest absolute Gasteiger partial charge is 0.101 e. The predicted molar refractivity (Wildman–Crippen MR) is 186 cm³/mol. The van der Waals surface area contributed by atoms with Crippen LogP contribution >= 0.6 is 0 Å². The minimum Gasteiger partial charge on any atom is -0.370 e. The third kappa shape index (κ3) is 6.55. The van der Waals surface area contributed by atoms with Crippen LogP contribution in [0.25, 0.3) is 5.57 Å². The van der Waals surface area contributed by atoms with E-state index in [2.05, 4.69) is 95.2 Å². The second kappa shape index (κ2) is 13.7. The van der Waals surface area contributed by atoms with E-state index in [1.54, 1.807) is 5.57 Å². The minimum absolute atomic E-state index is 0. The van der Waals surface area contributed by atoms with Gasteiger partial charge in [0.05, 0.1) is 0 Å². The maximum atomic E-state index is 3.80. The summed E-state index contributed by atoms with van der Waals surface area (Å²) in [5.74, 6) is 0.639. The van der Waals surface area contributed by atoms with Crippen LogP contribution in [-0.2, 0) is 13.0 Å². The zero-order valence-corrected chi connectivity index (χ0v) is 28.5. The molecule has 4 heterocycles. The van der Waals surface area contributed by atoms with Crippen LogP contribution < -0.4 is 5.32 Å². The van der Waals surface area contributed by atoms with Gasteiger partial charge >= 0.3 is 0 Å². The molecule has 1 N–H and O–H groups in total. The van der Waals surface area contributed by atoms with Gasteiger partial charge in [0.15, 0.2) is 0 Å². The number of dihydropyridines is 1. The van der Waals surface area contributed by atoms with E-state index < -0.39 is 0 Å². The Kier molecular flexibility index (Phi) is 10.3. The third-order valence-electron chi connectivity index (χ3n) is 10.5. The Morgan fingerprint density at radius 3 is 2.23 bits per heavy atom. The molecule has 2 saturated heterocycles. The fraction of sp³-hybridized carbons (Fsp3) is 0.632. The van der Waals surface area contributed by atoms with E-state index in [-0.39, 0.29) is 7.59 Å². The Hall–Kier alpha value is -2.34. The van der Waals surface area contributed by atoms with Gasteiger partial charge in [-0.1, -0.05) is 58.9 Å². The maximum Gasteiger partial charge on any atom is 0.101 e. The summed E-state index contributed by atoms with van der Waals surface area (Å²) in [5, 5.41) is 3.80. The van der Waals surface area contributed by atoms with Gasteiger partial charge in [0.1, 0.15) is 6.17 Å². The van der Waals surface area contributed by atoms with Gasteiger partial charge in [-0.05, 0) is 105 Å². The molecule has 3 atom stereocenters. The number of nitrogens with one attached hydrogen (secondary N) is 1. The van der Waals surface area contributed by atoms with Gasteiger partial charge < -0.3 is 15.1 Å². The summed E-state index contributed by atoms with van der Waals surface area (Å²) >= 11 is 0. The molecule has 4 aliphatic heterocycles. The Labute approximate surface area is 264 Å². The fourth-order valence-electron chi connectivity index (χ4n) is 7.86. The van der Waals surface area contributed by atoms with E-state index in [1.165, 1.54) is 72.4 Å². The first-order valence-corrected chi connectivity index (χ1v) is 17.5. The molecular formula is C38H61N5. The monoisotopic (exact) mass is 587 g/mol. The topological polar surface area (TPSA) is 25.0 Å². The van der Waals surface area contributed by atoms with Gasteiger partial charge in [-0.15, -0.1) is 0 Å². The van der Waals surface area contributed by atoms with Crippen molar-refractivity contribution < 1.29 is 1.43 Å². The highest BCUT2D eigenvalue weighted by molar-refractivity contribution is 5.71. The molecule has 1 aromatic rings. The third-order valence-corrected chi connectivity index (χ3v) is 10.5. The maximum absolute atomic E-state index is 3.80. The van der Waals surface area contributed by atoms with Crippen molar-refractivity contribution in [2.45, 2.75) is 105 Å². The first kappa shape index (κ1) is 32.1. The number of likely N-dealkylation sites (tertiary alicyclic amines) is 1. The zero-order valence-electron chi connectivity index (χ0n) is 28.5. The van der Waals surface area contributed by atoms with E-state index in [0.717, 1.165) is 39.1 Å². The van der Waals surface area contributed by atoms with Crippen LogP contribution in [0.3, 0.4) is 0 Å². The lowest BCUT2D eigenvalue weighted by Crippen LogP contribution is -2.52. The Morgan fingerprint density at radius 1 is 0.884 bits per heavy atom. The number of hydrogen-bond donors (Lipinski definition) is 1. The molecule has 1 aromatic carbocycles. The summed E-state index contributed by atoms with van der Waals surface area (Å²) < 4.78 is 0. The number of allylic oxidation sites excluding steroid dienone is 5. The van der Waals surface area contributed by atoms with Gasteiger partial charge in [-0.3, -0.25) is 9.80 Å². The molecular weight excluding hydrogens is 526 g/mol. The van der Waals surface area contributed by atoms with Crippen LogP contribution in [-0.4, -0.2) is 83.7 Å².